The minimum absolute atomic E-state index is 0.00741. The summed E-state index contributed by atoms with van der Waals surface area (Å²) in [5, 5.41) is 3.15. The molecule has 0 radical (unpaired) electrons. The first-order chi connectivity index (χ1) is 10.3. The van der Waals surface area contributed by atoms with E-state index in [-0.39, 0.29) is 5.91 Å². The molecule has 21 heavy (non-hydrogen) atoms. The molecule has 0 bridgehead atoms. The van der Waals surface area contributed by atoms with Crippen molar-refractivity contribution in [3.8, 4) is 0 Å². The number of aromatic nitrogens is 1. The van der Waals surface area contributed by atoms with Crippen LogP contribution in [0.3, 0.4) is 0 Å². The molecule has 2 nitrogen and oxygen atoms in total. The Labute approximate surface area is 122 Å². The van der Waals surface area contributed by atoms with Crippen molar-refractivity contribution >= 4 is 27.6 Å². The van der Waals surface area contributed by atoms with Gasteiger partial charge in [-0.05, 0) is 29.0 Å². The molecule has 0 fully saturated rings. The third kappa shape index (κ3) is 1.84. The fourth-order valence-electron chi connectivity index (χ4n) is 2.80. The summed E-state index contributed by atoms with van der Waals surface area (Å²) in [6.45, 7) is 0. The van der Waals surface area contributed by atoms with Crippen molar-refractivity contribution in [1.82, 2.24) is 4.57 Å². The molecule has 0 spiro atoms. The average molecular weight is 271 g/mol. The molecule has 0 aliphatic heterocycles. The van der Waals surface area contributed by atoms with Crippen molar-refractivity contribution < 1.29 is 4.79 Å². The van der Waals surface area contributed by atoms with Crippen LogP contribution >= 0.6 is 0 Å². The fraction of sp³-hybridized carbons (Fsp3) is 0. The van der Waals surface area contributed by atoms with Gasteiger partial charge in [-0.1, -0.05) is 54.6 Å². The second-order valence-electron chi connectivity index (χ2n) is 5.08. The predicted octanol–water partition coefficient (Wildman–Crippen LogP) is 4.48. The third-order valence-corrected chi connectivity index (χ3v) is 3.84. The quantitative estimate of drug-likeness (QED) is 0.500. The van der Waals surface area contributed by atoms with Gasteiger partial charge in [0.05, 0.1) is 5.52 Å². The summed E-state index contributed by atoms with van der Waals surface area (Å²) in [7, 11) is 0. The molecule has 0 atom stereocenters. The SMILES string of the molecule is O=C(c1cccc2ccccc12)n1ccc2ccccc21. The van der Waals surface area contributed by atoms with Gasteiger partial charge in [0.2, 0.25) is 0 Å². The number of para-hydroxylation sites is 1. The summed E-state index contributed by atoms with van der Waals surface area (Å²) in [5.74, 6) is 0.00741. The largest absolute Gasteiger partial charge is 0.283 e. The molecule has 1 heterocycles. The van der Waals surface area contributed by atoms with Gasteiger partial charge in [0.1, 0.15) is 0 Å². The van der Waals surface area contributed by atoms with Crippen molar-refractivity contribution in [3.05, 3.63) is 84.6 Å². The average Bonchev–Trinajstić information content (AvgIpc) is 2.98. The number of carbonyl (C=O) groups excluding carboxylic acids is 1. The molecule has 100 valence electrons. The van der Waals surface area contributed by atoms with Crippen molar-refractivity contribution in [2.24, 2.45) is 0 Å². The second kappa shape index (κ2) is 4.60. The van der Waals surface area contributed by atoms with E-state index in [0.29, 0.717) is 0 Å². The van der Waals surface area contributed by atoms with E-state index >= 15 is 0 Å². The van der Waals surface area contributed by atoms with Gasteiger partial charge in [-0.15, -0.1) is 0 Å². The summed E-state index contributed by atoms with van der Waals surface area (Å²) in [5.41, 5.74) is 1.67. The summed E-state index contributed by atoms with van der Waals surface area (Å²) in [4.78, 5) is 12.9. The van der Waals surface area contributed by atoms with Crippen LogP contribution in [0.5, 0.6) is 0 Å². The Morgan fingerprint density at radius 2 is 1.43 bits per heavy atom. The molecule has 0 unspecified atom stereocenters. The first-order valence-electron chi connectivity index (χ1n) is 6.93. The van der Waals surface area contributed by atoms with Crippen LogP contribution in [0.1, 0.15) is 10.4 Å². The molecule has 4 rings (SSSR count). The van der Waals surface area contributed by atoms with Gasteiger partial charge in [-0.2, -0.15) is 0 Å². The molecule has 0 saturated heterocycles. The van der Waals surface area contributed by atoms with Crippen LogP contribution in [0, 0.1) is 0 Å². The van der Waals surface area contributed by atoms with Crippen LogP contribution < -0.4 is 0 Å². The van der Waals surface area contributed by atoms with E-state index < -0.39 is 0 Å². The van der Waals surface area contributed by atoms with E-state index in [1.165, 1.54) is 0 Å². The highest BCUT2D eigenvalue weighted by atomic mass is 16.2. The topological polar surface area (TPSA) is 22.0 Å². The zero-order chi connectivity index (χ0) is 14.2. The Hall–Kier alpha value is -2.87. The first kappa shape index (κ1) is 11.9. The van der Waals surface area contributed by atoms with E-state index in [4.69, 9.17) is 0 Å². The predicted molar refractivity (Wildman–Crippen MR) is 85.6 cm³/mol. The zero-order valence-electron chi connectivity index (χ0n) is 11.4. The van der Waals surface area contributed by atoms with E-state index in [2.05, 4.69) is 0 Å². The smallest absolute Gasteiger partial charge is 0.262 e. The van der Waals surface area contributed by atoms with E-state index in [1.54, 1.807) is 4.57 Å². The lowest BCUT2D eigenvalue weighted by molar-refractivity contribution is 0.0966. The monoisotopic (exact) mass is 271 g/mol. The van der Waals surface area contributed by atoms with Crippen LogP contribution in [0.4, 0.5) is 0 Å². The number of hydrogen-bond acceptors (Lipinski definition) is 1. The molecule has 0 aliphatic carbocycles. The molecular weight excluding hydrogens is 258 g/mol. The van der Waals surface area contributed by atoms with Gasteiger partial charge >= 0.3 is 0 Å². The zero-order valence-corrected chi connectivity index (χ0v) is 11.4. The van der Waals surface area contributed by atoms with Crippen LogP contribution in [-0.4, -0.2) is 10.5 Å². The fourth-order valence-corrected chi connectivity index (χ4v) is 2.80. The highest BCUT2D eigenvalue weighted by molar-refractivity contribution is 6.10. The molecular formula is C19H13NO. The molecule has 3 aromatic carbocycles. The number of nitrogens with zero attached hydrogens (tertiary/aromatic N) is 1. The van der Waals surface area contributed by atoms with Crippen molar-refractivity contribution in [1.29, 1.82) is 0 Å². The lowest BCUT2D eigenvalue weighted by Gasteiger charge is -2.07. The Kier molecular flexibility index (Phi) is 2.61. The van der Waals surface area contributed by atoms with Gasteiger partial charge in [0.25, 0.3) is 5.91 Å². The standard InChI is InChI=1S/C19H13NO/c21-19(20-13-12-15-7-2-4-11-18(15)20)17-10-5-8-14-6-1-3-9-16(14)17/h1-13H. The van der Waals surface area contributed by atoms with E-state index in [1.807, 2.05) is 79.0 Å². The molecule has 0 aliphatic rings. The first-order valence-corrected chi connectivity index (χ1v) is 6.93. The molecule has 2 heteroatoms. The van der Waals surface area contributed by atoms with Crippen LogP contribution in [0.25, 0.3) is 21.7 Å². The Morgan fingerprint density at radius 1 is 0.714 bits per heavy atom. The number of benzene rings is 3. The lowest BCUT2D eigenvalue weighted by atomic mass is 10.0. The highest BCUT2D eigenvalue weighted by Crippen LogP contribution is 2.22. The third-order valence-electron chi connectivity index (χ3n) is 3.84. The maximum Gasteiger partial charge on any atom is 0.262 e. The maximum absolute atomic E-state index is 12.9. The molecule has 4 aromatic rings. The van der Waals surface area contributed by atoms with Gasteiger partial charge < -0.3 is 0 Å². The molecule has 0 saturated carbocycles. The Balaban J connectivity index is 1.95. The molecule has 0 N–H and O–H groups in total. The maximum atomic E-state index is 12.9. The summed E-state index contributed by atoms with van der Waals surface area (Å²) >= 11 is 0. The van der Waals surface area contributed by atoms with E-state index in [9.17, 15) is 4.79 Å². The number of fused-ring (bicyclic) bond motifs is 2. The van der Waals surface area contributed by atoms with Crippen molar-refractivity contribution in [3.63, 3.8) is 0 Å². The van der Waals surface area contributed by atoms with Crippen LogP contribution in [-0.2, 0) is 0 Å². The number of hydrogen-bond donors (Lipinski definition) is 0. The van der Waals surface area contributed by atoms with Gasteiger partial charge in [0, 0.05) is 17.1 Å². The van der Waals surface area contributed by atoms with Crippen LogP contribution in [0.2, 0.25) is 0 Å². The Bertz CT molecular complexity index is 960. The van der Waals surface area contributed by atoms with Crippen molar-refractivity contribution in [2.45, 2.75) is 0 Å². The van der Waals surface area contributed by atoms with Gasteiger partial charge in [-0.25, -0.2) is 0 Å². The number of rotatable bonds is 1. The van der Waals surface area contributed by atoms with Gasteiger partial charge in [0.15, 0.2) is 0 Å². The minimum Gasteiger partial charge on any atom is -0.283 e. The summed E-state index contributed by atoms with van der Waals surface area (Å²) in [6, 6.07) is 23.7. The second-order valence-corrected chi connectivity index (χ2v) is 5.08. The summed E-state index contributed by atoms with van der Waals surface area (Å²) < 4.78 is 1.72. The lowest BCUT2D eigenvalue weighted by Crippen LogP contribution is -2.11. The molecule has 0 amide bonds. The normalized spacial score (nSPS) is 11.0. The number of carbonyl (C=O) groups is 1. The van der Waals surface area contributed by atoms with Gasteiger partial charge in [-0.3, -0.25) is 9.36 Å². The van der Waals surface area contributed by atoms with E-state index in [0.717, 1.165) is 27.2 Å². The Morgan fingerprint density at radius 3 is 2.33 bits per heavy atom. The summed E-state index contributed by atoms with van der Waals surface area (Å²) in [6.07, 6.45) is 1.84. The molecule has 1 aromatic heterocycles. The van der Waals surface area contributed by atoms with Crippen molar-refractivity contribution in [2.75, 3.05) is 0 Å². The van der Waals surface area contributed by atoms with Crippen LogP contribution in [0.15, 0.2) is 79.0 Å². The highest BCUT2D eigenvalue weighted by Gasteiger charge is 2.13. The minimum atomic E-state index is 0.00741.